The molecule has 1 fully saturated rings. The molecule has 1 saturated heterocycles. The molecule has 0 N–H and O–H groups in total. The number of hydrogen-bond donors (Lipinski definition) is 0. The van der Waals surface area contributed by atoms with Gasteiger partial charge in [-0.05, 0) is 48.2 Å². The average Bonchev–Trinajstić information content (AvgIpc) is 2.71. The first kappa shape index (κ1) is 19.9. The van der Waals surface area contributed by atoms with E-state index in [9.17, 15) is 9.59 Å². The van der Waals surface area contributed by atoms with E-state index in [1.165, 1.54) is 0 Å². The number of hydrogen-bond acceptors (Lipinski definition) is 3. The fourth-order valence-electron chi connectivity index (χ4n) is 3.60. The van der Waals surface area contributed by atoms with Crippen molar-refractivity contribution < 1.29 is 14.3 Å². The standard InChI is InChI=1S/C23H28N2O3/c1-16(2)15-24-12-13-25(17(3)22(24)26)23(27)19-10-8-18(9-11-19)20-6-5-7-21(14-20)28-4/h5-11,14,16-17H,12-13,15H2,1-4H3. The summed E-state index contributed by atoms with van der Waals surface area (Å²) in [5.41, 5.74) is 2.65. The maximum absolute atomic E-state index is 13.0. The number of amides is 2. The van der Waals surface area contributed by atoms with Gasteiger partial charge in [-0.2, -0.15) is 0 Å². The Bertz CT molecular complexity index is 845. The lowest BCUT2D eigenvalue weighted by Gasteiger charge is -2.39. The molecule has 0 bridgehead atoms. The normalized spacial score (nSPS) is 17.2. The van der Waals surface area contributed by atoms with Gasteiger partial charge in [-0.25, -0.2) is 0 Å². The number of piperazine rings is 1. The van der Waals surface area contributed by atoms with Crippen LogP contribution >= 0.6 is 0 Å². The molecule has 2 aromatic rings. The predicted molar refractivity (Wildman–Crippen MR) is 110 cm³/mol. The van der Waals surface area contributed by atoms with Crippen LogP contribution in [0.5, 0.6) is 5.75 Å². The summed E-state index contributed by atoms with van der Waals surface area (Å²) in [7, 11) is 1.64. The van der Waals surface area contributed by atoms with E-state index in [0.717, 1.165) is 23.4 Å². The molecule has 3 rings (SSSR count). The van der Waals surface area contributed by atoms with Gasteiger partial charge in [0.15, 0.2) is 0 Å². The van der Waals surface area contributed by atoms with Gasteiger partial charge in [0.25, 0.3) is 5.91 Å². The highest BCUT2D eigenvalue weighted by molar-refractivity contribution is 5.98. The fraction of sp³-hybridized carbons (Fsp3) is 0.391. The molecule has 5 nitrogen and oxygen atoms in total. The van der Waals surface area contributed by atoms with E-state index in [1.54, 1.807) is 12.0 Å². The van der Waals surface area contributed by atoms with Crippen molar-refractivity contribution in [3.8, 4) is 16.9 Å². The molecular formula is C23H28N2O3. The third kappa shape index (κ3) is 4.19. The van der Waals surface area contributed by atoms with Crippen LogP contribution < -0.4 is 4.74 Å². The van der Waals surface area contributed by atoms with Gasteiger partial charge in [-0.1, -0.05) is 38.1 Å². The molecule has 0 aromatic heterocycles. The Morgan fingerprint density at radius 3 is 2.46 bits per heavy atom. The smallest absolute Gasteiger partial charge is 0.254 e. The van der Waals surface area contributed by atoms with Gasteiger partial charge in [0.2, 0.25) is 5.91 Å². The molecule has 0 saturated carbocycles. The lowest BCUT2D eigenvalue weighted by molar-refractivity contribution is -0.140. The van der Waals surface area contributed by atoms with Crippen LogP contribution in [0, 0.1) is 5.92 Å². The van der Waals surface area contributed by atoms with Crippen LogP contribution in [0.4, 0.5) is 0 Å². The Balaban J connectivity index is 1.73. The minimum Gasteiger partial charge on any atom is -0.497 e. The number of ether oxygens (including phenoxy) is 1. The third-order valence-corrected chi connectivity index (χ3v) is 5.13. The van der Waals surface area contributed by atoms with Crippen molar-refractivity contribution in [2.45, 2.75) is 26.8 Å². The summed E-state index contributed by atoms with van der Waals surface area (Å²) in [5, 5.41) is 0. The Kier molecular flexibility index (Phi) is 6.02. The number of nitrogens with zero attached hydrogens (tertiary/aromatic N) is 2. The molecular weight excluding hydrogens is 352 g/mol. The molecule has 0 radical (unpaired) electrons. The van der Waals surface area contributed by atoms with Crippen LogP contribution in [0.2, 0.25) is 0 Å². The maximum Gasteiger partial charge on any atom is 0.254 e. The van der Waals surface area contributed by atoms with Gasteiger partial charge >= 0.3 is 0 Å². The van der Waals surface area contributed by atoms with Crippen molar-refractivity contribution >= 4 is 11.8 Å². The van der Waals surface area contributed by atoms with Crippen LogP contribution in [0.25, 0.3) is 11.1 Å². The molecule has 148 valence electrons. The summed E-state index contributed by atoms with van der Waals surface area (Å²) in [6.45, 7) is 7.90. The Labute approximate surface area is 166 Å². The van der Waals surface area contributed by atoms with Crippen molar-refractivity contribution in [3.63, 3.8) is 0 Å². The second kappa shape index (κ2) is 8.46. The van der Waals surface area contributed by atoms with E-state index in [2.05, 4.69) is 13.8 Å². The Morgan fingerprint density at radius 1 is 1.11 bits per heavy atom. The molecule has 1 unspecified atom stereocenters. The Morgan fingerprint density at radius 2 is 1.82 bits per heavy atom. The van der Waals surface area contributed by atoms with E-state index >= 15 is 0 Å². The second-order valence-electron chi connectivity index (χ2n) is 7.66. The van der Waals surface area contributed by atoms with E-state index < -0.39 is 6.04 Å². The lowest BCUT2D eigenvalue weighted by Crippen LogP contribution is -2.58. The molecule has 0 aliphatic carbocycles. The minimum absolute atomic E-state index is 0.0290. The second-order valence-corrected chi connectivity index (χ2v) is 7.66. The van der Waals surface area contributed by atoms with Crippen molar-refractivity contribution in [2.24, 2.45) is 5.92 Å². The van der Waals surface area contributed by atoms with Gasteiger partial charge < -0.3 is 14.5 Å². The largest absolute Gasteiger partial charge is 0.497 e. The summed E-state index contributed by atoms with van der Waals surface area (Å²) >= 11 is 0. The molecule has 2 aromatic carbocycles. The van der Waals surface area contributed by atoms with E-state index in [-0.39, 0.29) is 11.8 Å². The quantitative estimate of drug-likeness (QED) is 0.795. The summed E-state index contributed by atoms with van der Waals surface area (Å²) in [5.74, 6) is 1.15. The number of rotatable bonds is 5. The first-order valence-electron chi connectivity index (χ1n) is 9.75. The van der Waals surface area contributed by atoms with E-state index in [4.69, 9.17) is 4.74 Å². The number of benzene rings is 2. The molecule has 2 amide bonds. The monoisotopic (exact) mass is 380 g/mol. The highest BCUT2D eigenvalue weighted by atomic mass is 16.5. The molecule has 28 heavy (non-hydrogen) atoms. The van der Waals surface area contributed by atoms with Gasteiger partial charge in [-0.3, -0.25) is 9.59 Å². The fourth-order valence-corrected chi connectivity index (χ4v) is 3.60. The van der Waals surface area contributed by atoms with Crippen LogP contribution in [0.15, 0.2) is 48.5 Å². The predicted octanol–water partition coefficient (Wildman–Crippen LogP) is 3.69. The summed E-state index contributed by atoms with van der Waals surface area (Å²) < 4.78 is 5.28. The lowest BCUT2D eigenvalue weighted by atomic mass is 10.0. The number of methoxy groups -OCH3 is 1. The minimum atomic E-state index is -0.432. The third-order valence-electron chi connectivity index (χ3n) is 5.13. The van der Waals surface area contributed by atoms with Crippen LogP contribution in [-0.2, 0) is 4.79 Å². The zero-order valence-corrected chi connectivity index (χ0v) is 17.0. The van der Waals surface area contributed by atoms with Crippen LogP contribution in [0.1, 0.15) is 31.1 Å². The molecule has 5 heteroatoms. The first-order valence-corrected chi connectivity index (χ1v) is 9.75. The highest BCUT2D eigenvalue weighted by Crippen LogP contribution is 2.25. The summed E-state index contributed by atoms with van der Waals surface area (Å²) in [6, 6.07) is 14.9. The molecule has 1 aliphatic rings. The van der Waals surface area contributed by atoms with Gasteiger partial charge in [0, 0.05) is 25.2 Å². The van der Waals surface area contributed by atoms with Gasteiger partial charge in [-0.15, -0.1) is 0 Å². The summed E-state index contributed by atoms with van der Waals surface area (Å²) in [4.78, 5) is 29.1. The van der Waals surface area contributed by atoms with Gasteiger partial charge in [0.05, 0.1) is 7.11 Å². The van der Waals surface area contributed by atoms with Crippen molar-refractivity contribution in [3.05, 3.63) is 54.1 Å². The van der Waals surface area contributed by atoms with Crippen molar-refractivity contribution in [1.82, 2.24) is 9.80 Å². The zero-order valence-electron chi connectivity index (χ0n) is 17.0. The van der Waals surface area contributed by atoms with Crippen LogP contribution in [-0.4, -0.2) is 54.4 Å². The van der Waals surface area contributed by atoms with Crippen molar-refractivity contribution in [2.75, 3.05) is 26.7 Å². The number of carbonyl (C=O) groups excluding carboxylic acids is 2. The summed E-state index contributed by atoms with van der Waals surface area (Å²) in [6.07, 6.45) is 0. The molecule has 1 aliphatic heterocycles. The zero-order chi connectivity index (χ0) is 20.3. The van der Waals surface area contributed by atoms with E-state index in [0.29, 0.717) is 24.6 Å². The SMILES string of the molecule is COc1cccc(-c2ccc(C(=O)N3CCN(CC(C)C)C(=O)C3C)cc2)c1. The first-order chi connectivity index (χ1) is 13.4. The molecule has 0 spiro atoms. The topological polar surface area (TPSA) is 49.9 Å². The van der Waals surface area contributed by atoms with Gasteiger partial charge in [0.1, 0.15) is 11.8 Å². The highest BCUT2D eigenvalue weighted by Gasteiger charge is 2.34. The maximum atomic E-state index is 13.0. The van der Waals surface area contributed by atoms with Crippen molar-refractivity contribution in [1.29, 1.82) is 0 Å². The average molecular weight is 380 g/mol. The molecule has 1 heterocycles. The Hall–Kier alpha value is -2.82. The number of carbonyl (C=O) groups is 2. The molecule has 1 atom stereocenters. The van der Waals surface area contributed by atoms with E-state index in [1.807, 2.05) is 60.4 Å². The van der Waals surface area contributed by atoms with Crippen LogP contribution in [0.3, 0.4) is 0 Å².